The highest BCUT2D eigenvalue weighted by molar-refractivity contribution is 6.06. The van der Waals surface area contributed by atoms with E-state index < -0.39 is 5.91 Å². The largest absolute Gasteiger partial charge is 0.508 e. The maximum atomic E-state index is 11.9. The highest BCUT2D eigenvalue weighted by Crippen LogP contribution is 2.14. The molecule has 0 aromatic heterocycles. The second kappa shape index (κ2) is 7.85. The summed E-state index contributed by atoms with van der Waals surface area (Å²) >= 11 is 0. The van der Waals surface area contributed by atoms with E-state index >= 15 is 0 Å². The third-order valence-electron chi connectivity index (χ3n) is 2.60. The zero-order chi connectivity index (χ0) is 15.0. The predicted molar refractivity (Wildman–Crippen MR) is 77.9 cm³/mol. The minimum atomic E-state index is -0.477. The van der Waals surface area contributed by atoms with Crippen LogP contribution in [0.15, 0.2) is 36.0 Å². The van der Waals surface area contributed by atoms with Gasteiger partial charge in [-0.1, -0.05) is 13.8 Å². The van der Waals surface area contributed by atoms with E-state index in [1.807, 2.05) is 6.07 Å². The lowest BCUT2D eigenvalue weighted by Gasteiger charge is -2.06. The number of phenolic OH excluding ortho intramolecular Hbond substituents is 1. The molecular weight excluding hydrogens is 254 g/mol. The lowest BCUT2D eigenvalue weighted by atomic mass is 10.1. The molecule has 0 saturated heterocycles. The number of nitriles is 1. The van der Waals surface area contributed by atoms with Gasteiger partial charge in [0.2, 0.25) is 0 Å². The summed E-state index contributed by atoms with van der Waals surface area (Å²) in [6, 6.07) is 7.92. The normalized spacial score (nSPS) is 11.0. The van der Waals surface area contributed by atoms with Crippen LogP contribution < -0.4 is 10.6 Å². The first-order chi connectivity index (χ1) is 9.52. The number of amides is 1. The Morgan fingerprint density at radius 3 is 2.60 bits per heavy atom. The van der Waals surface area contributed by atoms with Gasteiger partial charge in [0.25, 0.3) is 5.91 Å². The van der Waals surface area contributed by atoms with Crippen LogP contribution in [0.1, 0.15) is 20.3 Å². The number of nitrogens with zero attached hydrogens (tertiary/aromatic N) is 1. The molecular formula is C15H19N3O2. The van der Waals surface area contributed by atoms with E-state index in [1.165, 1.54) is 18.3 Å². The molecule has 5 heteroatoms. The number of hydrogen-bond donors (Lipinski definition) is 3. The molecule has 0 spiro atoms. The maximum absolute atomic E-state index is 11.9. The van der Waals surface area contributed by atoms with Crippen LogP contribution in [0.2, 0.25) is 0 Å². The summed E-state index contributed by atoms with van der Waals surface area (Å²) in [5.74, 6) is 0.205. The Morgan fingerprint density at radius 1 is 1.40 bits per heavy atom. The van der Waals surface area contributed by atoms with E-state index in [2.05, 4.69) is 24.5 Å². The number of benzene rings is 1. The number of phenols is 1. The summed E-state index contributed by atoms with van der Waals surface area (Å²) in [6.07, 6.45) is 2.40. The SMILES string of the molecule is CC(C)CCN/C=C(/C#N)C(=O)Nc1ccc(O)cc1. The minimum Gasteiger partial charge on any atom is -0.508 e. The molecule has 1 amide bonds. The molecule has 0 aliphatic carbocycles. The van der Waals surface area contributed by atoms with Crippen molar-refractivity contribution in [3.63, 3.8) is 0 Å². The number of carbonyl (C=O) groups excluding carboxylic acids is 1. The standard InChI is InChI=1S/C15H19N3O2/c1-11(2)7-8-17-10-12(9-16)15(20)18-13-3-5-14(19)6-4-13/h3-6,10-11,17,19H,7-8H2,1-2H3,(H,18,20)/b12-10-. The summed E-state index contributed by atoms with van der Waals surface area (Å²) < 4.78 is 0. The van der Waals surface area contributed by atoms with Crippen molar-refractivity contribution in [3.8, 4) is 11.8 Å². The molecule has 0 aliphatic heterocycles. The van der Waals surface area contributed by atoms with Crippen LogP contribution >= 0.6 is 0 Å². The molecule has 0 bridgehead atoms. The smallest absolute Gasteiger partial charge is 0.267 e. The molecule has 0 unspecified atom stereocenters. The molecule has 0 aliphatic rings. The Kier molecular flexibility index (Phi) is 6.11. The summed E-state index contributed by atoms with van der Waals surface area (Å²) in [7, 11) is 0. The number of carbonyl (C=O) groups is 1. The van der Waals surface area contributed by atoms with E-state index in [4.69, 9.17) is 10.4 Å². The van der Waals surface area contributed by atoms with Gasteiger partial charge in [0.05, 0.1) is 0 Å². The van der Waals surface area contributed by atoms with Gasteiger partial charge in [-0.3, -0.25) is 4.79 Å². The summed E-state index contributed by atoms with van der Waals surface area (Å²) in [5, 5.41) is 23.7. The number of aromatic hydroxyl groups is 1. The van der Waals surface area contributed by atoms with Crippen LogP contribution in [0, 0.1) is 17.2 Å². The van der Waals surface area contributed by atoms with Crippen LogP contribution in [0.3, 0.4) is 0 Å². The highest BCUT2D eigenvalue weighted by atomic mass is 16.3. The zero-order valence-corrected chi connectivity index (χ0v) is 11.7. The van der Waals surface area contributed by atoms with Gasteiger partial charge in [0.1, 0.15) is 17.4 Å². The van der Waals surface area contributed by atoms with Crippen LogP contribution in [0.5, 0.6) is 5.75 Å². The van der Waals surface area contributed by atoms with E-state index in [0.717, 1.165) is 13.0 Å². The molecule has 0 heterocycles. The average molecular weight is 273 g/mol. The zero-order valence-electron chi connectivity index (χ0n) is 11.7. The molecule has 1 aromatic carbocycles. The lowest BCUT2D eigenvalue weighted by Crippen LogP contribution is -2.17. The van der Waals surface area contributed by atoms with Crippen molar-refractivity contribution in [3.05, 3.63) is 36.0 Å². The van der Waals surface area contributed by atoms with Gasteiger partial charge in [-0.2, -0.15) is 5.26 Å². The molecule has 1 aromatic rings. The van der Waals surface area contributed by atoms with Gasteiger partial charge in [0.15, 0.2) is 0 Å². The quantitative estimate of drug-likeness (QED) is 0.321. The van der Waals surface area contributed by atoms with E-state index in [9.17, 15) is 4.79 Å². The first-order valence-corrected chi connectivity index (χ1v) is 6.47. The van der Waals surface area contributed by atoms with Crippen molar-refractivity contribution in [2.75, 3.05) is 11.9 Å². The Balaban J connectivity index is 2.56. The number of hydrogen-bond acceptors (Lipinski definition) is 4. The Morgan fingerprint density at radius 2 is 2.05 bits per heavy atom. The van der Waals surface area contributed by atoms with Crippen LogP contribution in [0.4, 0.5) is 5.69 Å². The van der Waals surface area contributed by atoms with Gasteiger partial charge >= 0.3 is 0 Å². The molecule has 0 fully saturated rings. The molecule has 0 atom stereocenters. The third-order valence-corrected chi connectivity index (χ3v) is 2.60. The van der Waals surface area contributed by atoms with Gasteiger partial charge < -0.3 is 15.7 Å². The van der Waals surface area contributed by atoms with E-state index in [1.54, 1.807) is 12.1 Å². The molecule has 3 N–H and O–H groups in total. The van der Waals surface area contributed by atoms with Crippen molar-refractivity contribution >= 4 is 11.6 Å². The fourth-order valence-corrected chi connectivity index (χ4v) is 1.44. The average Bonchev–Trinajstić information content (AvgIpc) is 2.41. The van der Waals surface area contributed by atoms with Gasteiger partial charge in [-0.15, -0.1) is 0 Å². The van der Waals surface area contributed by atoms with Crippen molar-refractivity contribution in [1.29, 1.82) is 5.26 Å². The third kappa shape index (κ3) is 5.44. The number of rotatable bonds is 6. The molecule has 5 nitrogen and oxygen atoms in total. The Hall–Kier alpha value is -2.48. The fraction of sp³-hybridized carbons (Fsp3) is 0.333. The first kappa shape index (κ1) is 15.6. The monoisotopic (exact) mass is 273 g/mol. The molecule has 106 valence electrons. The number of anilines is 1. The van der Waals surface area contributed by atoms with Crippen LogP contribution in [-0.2, 0) is 4.79 Å². The van der Waals surface area contributed by atoms with Crippen LogP contribution in [-0.4, -0.2) is 17.6 Å². The minimum absolute atomic E-state index is 0.0156. The van der Waals surface area contributed by atoms with Crippen molar-refractivity contribution < 1.29 is 9.90 Å². The molecule has 20 heavy (non-hydrogen) atoms. The second-order valence-electron chi connectivity index (χ2n) is 4.81. The van der Waals surface area contributed by atoms with Gasteiger partial charge in [0, 0.05) is 18.4 Å². The second-order valence-corrected chi connectivity index (χ2v) is 4.81. The Labute approximate surface area is 118 Å². The summed E-state index contributed by atoms with van der Waals surface area (Å²) in [4.78, 5) is 11.9. The predicted octanol–water partition coefficient (Wildman–Crippen LogP) is 2.37. The van der Waals surface area contributed by atoms with Crippen molar-refractivity contribution in [1.82, 2.24) is 5.32 Å². The Bertz CT molecular complexity index is 513. The van der Waals surface area contributed by atoms with E-state index in [-0.39, 0.29) is 11.3 Å². The van der Waals surface area contributed by atoms with Crippen molar-refractivity contribution in [2.45, 2.75) is 20.3 Å². The maximum Gasteiger partial charge on any atom is 0.267 e. The topological polar surface area (TPSA) is 85.2 Å². The lowest BCUT2D eigenvalue weighted by molar-refractivity contribution is -0.112. The van der Waals surface area contributed by atoms with Gasteiger partial charge in [-0.25, -0.2) is 0 Å². The molecule has 0 radical (unpaired) electrons. The molecule has 1 rings (SSSR count). The highest BCUT2D eigenvalue weighted by Gasteiger charge is 2.08. The summed E-state index contributed by atoms with van der Waals surface area (Å²) in [6.45, 7) is 4.93. The summed E-state index contributed by atoms with van der Waals surface area (Å²) in [5.41, 5.74) is 0.540. The first-order valence-electron chi connectivity index (χ1n) is 6.47. The number of nitrogens with one attached hydrogen (secondary N) is 2. The van der Waals surface area contributed by atoms with Crippen LogP contribution in [0.25, 0.3) is 0 Å². The fourth-order valence-electron chi connectivity index (χ4n) is 1.44. The molecule has 0 saturated carbocycles. The van der Waals surface area contributed by atoms with E-state index in [0.29, 0.717) is 11.6 Å². The van der Waals surface area contributed by atoms with Crippen molar-refractivity contribution in [2.24, 2.45) is 5.92 Å². The van der Waals surface area contributed by atoms with Gasteiger partial charge in [-0.05, 0) is 36.6 Å².